The van der Waals surface area contributed by atoms with Crippen molar-refractivity contribution in [2.24, 2.45) is 0 Å². The Labute approximate surface area is 117 Å². The summed E-state index contributed by atoms with van der Waals surface area (Å²) in [7, 11) is 1.99. The lowest BCUT2D eigenvalue weighted by molar-refractivity contribution is -0.385. The van der Waals surface area contributed by atoms with Crippen LogP contribution in [0.4, 0.5) is 11.5 Å². The van der Waals surface area contributed by atoms with Crippen LogP contribution in [0, 0.1) is 17.0 Å². The van der Waals surface area contributed by atoms with E-state index >= 15 is 0 Å². The third-order valence-corrected chi connectivity index (χ3v) is 3.02. The number of nitrogens with one attached hydrogen (secondary N) is 1. The lowest BCUT2D eigenvalue weighted by atomic mass is 10.3. The summed E-state index contributed by atoms with van der Waals surface area (Å²) in [5, 5.41) is 13.9. The molecule has 0 fully saturated rings. The van der Waals surface area contributed by atoms with Crippen LogP contribution in [0.15, 0.2) is 0 Å². The number of rotatable bonds is 6. The zero-order chi connectivity index (χ0) is 14.6. The van der Waals surface area contributed by atoms with E-state index in [2.05, 4.69) is 34.0 Å². The van der Waals surface area contributed by atoms with E-state index in [4.69, 9.17) is 11.6 Å². The number of hydrogen-bond acceptors (Lipinski definition) is 6. The number of likely N-dealkylation sites (N-methyl/N-ethyl adjacent to an activating group) is 1. The average molecular weight is 288 g/mol. The number of halogens is 1. The van der Waals surface area contributed by atoms with Crippen molar-refractivity contribution in [3.05, 3.63) is 21.1 Å². The molecule has 7 nitrogen and oxygen atoms in total. The van der Waals surface area contributed by atoms with E-state index < -0.39 is 4.92 Å². The summed E-state index contributed by atoms with van der Waals surface area (Å²) in [5.74, 6) is 0.166. The van der Waals surface area contributed by atoms with Crippen LogP contribution in [0.25, 0.3) is 0 Å². The number of aromatic nitrogens is 2. The third kappa shape index (κ3) is 4.29. The van der Waals surface area contributed by atoms with Crippen LogP contribution in [-0.4, -0.2) is 46.0 Å². The maximum absolute atomic E-state index is 11.0. The van der Waals surface area contributed by atoms with Gasteiger partial charge < -0.3 is 10.2 Å². The van der Waals surface area contributed by atoms with Crippen molar-refractivity contribution in [1.82, 2.24) is 14.9 Å². The summed E-state index contributed by atoms with van der Waals surface area (Å²) in [6.45, 7) is 6.98. The number of nitro groups is 1. The van der Waals surface area contributed by atoms with Crippen molar-refractivity contribution < 1.29 is 4.92 Å². The minimum atomic E-state index is -0.500. The molecule has 1 N–H and O–H groups in total. The minimum Gasteiger partial charge on any atom is -0.363 e. The quantitative estimate of drug-likeness (QED) is 0.490. The van der Waals surface area contributed by atoms with Crippen molar-refractivity contribution in [2.45, 2.75) is 26.8 Å². The highest BCUT2D eigenvalue weighted by Crippen LogP contribution is 2.26. The van der Waals surface area contributed by atoms with E-state index in [0.717, 1.165) is 6.54 Å². The Morgan fingerprint density at radius 2 is 2.11 bits per heavy atom. The largest absolute Gasteiger partial charge is 0.363 e. The molecular weight excluding hydrogens is 270 g/mol. The van der Waals surface area contributed by atoms with Crippen molar-refractivity contribution >= 4 is 23.1 Å². The SMILES string of the molecule is Cc1nc(Cl)nc(NCCN(C)C(C)C)c1[N+](=O)[O-]. The molecule has 0 aliphatic heterocycles. The second-order valence-electron chi connectivity index (χ2n) is 4.53. The van der Waals surface area contributed by atoms with Crippen LogP contribution in [0.2, 0.25) is 5.28 Å². The summed E-state index contributed by atoms with van der Waals surface area (Å²) in [6.07, 6.45) is 0. The monoisotopic (exact) mass is 287 g/mol. The number of aryl methyl sites for hydroxylation is 1. The molecule has 0 radical (unpaired) electrons. The molecule has 0 saturated carbocycles. The van der Waals surface area contributed by atoms with Crippen LogP contribution in [0.3, 0.4) is 0 Å². The van der Waals surface area contributed by atoms with Crippen LogP contribution in [0.5, 0.6) is 0 Å². The van der Waals surface area contributed by atoms with Gasteiger partial charge in [-0.1, -0.05) is 0 Å². The summed E-state index contributed by atoms with van der Waals surface area (Å²) < 4.78 is 0. The molecule has 1 aromatic rings. The maximum Gasteiger partial charge on any atom is 0.332 e. The van der Waals surface area contributed by atoms with Gasteiger partial charge in [0.15, 0.2) is 0 Å². The molecule has 0 bridgehead atoms. The van der Waals surface area contributed by atoms with Crippen molar-refractivity contribution in [1.29, 1.82) is 0 Å². The molecule has 0 amide bonds. The number of nitrogens with zero attached hydrogens (tertiary/aromatic N) is 4. The Bertz CT molecular complexity index is 467. The first-order chi connectivity index (χ1) is 8.82. The Morgan fingerprint density at radius 3 is 2.63 bits per heavy atom. The van der Waals surface area contributed by atoms with Gasteiger partial charge in [0, 0.05) is 19.1 Å². The molecule has 19 heavy (non-hydrogen) atoms. The zero-order valence-corrected chi connectivity index (χ0v) is 12.2. The summed E-state index contributed by atoms with van der Waals surface area (Å²) in [6, 6.07) is 0.410. The standard InChI is InChI=1S/C11H18ClN5O2/c1-7(2)16(4)6-5-13-10-9(17(18)19)8(3)14-11(12)15-10/h7H,5-6H2,1-4H3,(H,13,14,15). The number of anilines is 1. The molecule has 0 unspecified atom stereocenters. The second-order valence-corrected chi connectivity index (χ2v) is 4.87. The van der Waals surface area contributed by atoms with Crippen LogP contribution < -0.4 is 5.32 Å². The topological polar surface area (TPSA) is 84.2 Å². The van der Waals surface area contributed by atoms with Gasteiger partial charge in [-0.3, -0.25) is 10.1 Å². The summed E-state index contributed by atoms with van der Waals surface area (Å²) >= 11 is 5.72. The first-order valence-corrected chi connectivity index (χ1v) is 6.33. The molecule has 1 heterocycles. The predicted octanol–water partition coefficient (Wildman–Crippen LogP) is 2.10. The smallest absolute Gasteiger partial charge is 0.332 e. The molecular formula is C11H18ClN5O2. The Kier molecular flexibility index (Phi) is 5.44. The normalized spacial score (nSPS) is 11.1. The molecule has 0 aliphatic carbocycles. The van der Waals surface area contributed by atoms with Gasteiger partial charge in [0.2, 0.25) is 11.1 Å². The molecule has 0 spiro atoms. The first kappa shape index (κ1) is 15.6. The lowest BCUT2D eigenvalue weighted by Gasteiger charge is -2.21. The van der Waals surface area contributed by atoms with Crippen molar-refractivity contribution in [3.8, 4) is 0 Å². The molecule has 0 aromatic carbocycles. The zero-order valence-electron chi connectivity index (χ0n) is 11.5. The van der Waals surface area contributed by atoms with Gasteiger partial charge in [-0.2, -0.15) is 4.98 Å². The highest BCUT2D eigenvalue weighted by Gasteiger charge is 2.21. The Morgan fingerprint density at radius 1 is 1.47 bits per heavy atom. The van der Waals surface area contributed by atoms with E-state index in [-0.39, 0.29) is 22.5 Å². The van der Waals surface area contributed by atoms with Gasteiger partial charge >= 0.3 is 5.69 Å². The first-order valence-electron chi connectivity index (χ1n) is 5.95. The van der Waals surface area contributed by atoms with Gasteiger partial charge in [0.05, 0.1) is 4.92 Å². The lowest BCUT2D eigenvalue weighted by Crippen LogP contribution is -2.31. The Balaban J connectivity index is 2.80. The van der Waals surface area contributed by atoms with E-state index in [1.165, 1.54) is 6.92 Å². The minimum absolute atomic E-state index is 0.00261. The fourth-order valence-corrected chi connectivity index (χ4v) is 1.69. The van der Waals surface area contributed by atoms with E-state index in [0.29, 0.717) is 12.6 Å². The highest BCUT2D eigenvalue weighted by atomic mass is 35.5. The van der Waals surface area contributed by atoms with E-state index in [1.807, 2.05) is 7.05 Å². The van der Waals surface area contributed by atoms with E-state index in [9.17, 15) is 10.1 Å². The van der Waals surface area contributed by atoms with Crippen LogP contribution in [0.1, 0.15) is 19.5 Å². The third-order valence-electron chi connectivity index (χ3n) is 2.85. The predicted molar refractivity (Wildman–Crippen MR) is 74.7 cm³/mol. The fourth-order valence-electron chi connectivity index (χ4n) is 1.48. The summed E-state index contributed by atoms with van der Waals surface area (Å²) in [5.41, 5.74) is 0.126. The molecule has 8 heteroatoms. The number of hydrogen-bond donors (Lipinski definition) is 1. The van der Waals surface area contributed by atoms with Gasteiger partial charge in [-0.25, -0.2) is 4.98 Å². The highest BCUT2D eigenvalue weighted by molar-refractivity contribution is 6.28. The fraction of sp³-hybridized carbons (Fsp3) is 0.636. The second kappa shape index (κ2) is 6.63. The van der Waals surface area contributed by atoms with Gasteiger partial charge in [0.25, 0.3) is 0 Å². The van der Waals surface area contributed by atoms with Gasteiger partial charge in [-0.15, -0.1) is 0 Å². The average Bonchev–Trinajstić information content (AvgIpc) is 2.26. The maximum atomic E-state index is 11.0. The molecule has 106 valence electrons. The van der Waals surface area contributed by atoms with Crippen molar-refractivity contribution in [3.63, 3.8) is 0 Å². The molecule has 0 atom stereocenters. The summed E-state index contributed by atoms with van der Waals surface area (Å²) in [4.78, 5) is 20.3. The molecule has 0 saturated heterocycles. The van der Waals surface area contributed by atoms with Gasteiger partial charge in [-0.05, 0) is 39.4 Å². The Hall–Kier alpha value is -1.47. The molecule has 1 aromatic heterocycles. The van der Waals surface area contributed by atoms with Gasteiger partial charge in [0.1, 0.15) is 5.69 Å². The van der Waals surface area contributed by atoms with Crippen LogP contribution in [-0.2, 0) is 0 Å². The van der Waals surface area contributed by atoms with Crippen molar-refractivity contribution in [2.75, 3.05) is 25.5 Å². The van der Waals surface area contributed by atoms with Crippen LogP contribution >= 0.6 is 11.6 Å². The van der Waals surface area contributed by atoms with E-state index in [1.54, 1.807) is 0 Å². The molecule has 0 aliphatic rings. The molecule has 1 rings (SSSR count).